The Balaban J connectivity index is 3.39. The first kappa shape index (κ1) is 13.8. The molecule has 1 aromatic rings. The average Bonchev–Trinajstić information content (AvgIpc) is 2.30. The number of methoxy groups -OCH3 is 1. The third-order valence-corrected chi connectivity index (χ3v) is 2.93. The Morgan fingerprint density at radius 1 is 1.59 bits per heavy atom. The first-order valence-corrected chi connectivity index (χ1v) is 5.70. The van der Waals surface area contributed by atoms with Gasteiger partial charge >= 0.3 is 0 Å². The van der Waals surface area contributed by atoms with Crippen LogP contribution >= 0.6 is 11.6 Å². The number of benzene rings is 1. The van der Waals surface area contributed by atoms with Gasteiger partial charge in [0, 0.05) is 0 Å². The predicted molar refractivity (Wildman–Crippen MR) is 67.3 cm³/mol. The maximum Gasteiger partial charge on any atom is 0.181 e. The predicted octanol–water partition coefficient (Wildman–Crippen LogP) is 2.02. The number of aryl methyl sites for hydroxylation is 1. The molecular formula is C12H16ClNO3. The van der Waals surface area contributed by atoms with Crippen LogP contribution in [0.2, 0.25) is 5.02 Å². The number of likely N-dealkylation sites (N-methyl/N-ethyl adjacent to an activating group) is 1. The Morgan fingerprint density at radius 3 is 2.71 bits per heavy atom. The molecule has 0 radical (unpaired) electrons. The van der Waals surface area contributed by atoms with Crippen molar-refractivity contribution in [1.82, 2.24) is 5.32 Å². The minimum absolute atomic E-state index is 0.115. The summed E-state index contributed by atoms with van der Waals surface area (Å²) in [5, 5.41) is 13.0. The molecule has 94 valence electrons. The number of hydrogen-bond acceptors (Lipinski definition) is 4. The van der Waals surface area contributed by atoms with Crippen molar-refractivity contribution in [3.63, 3.8) is 0 Å². The van der Waals surface area contributed by atoms with Crippen LogP contribution in [0.5, 0.6) is 11.5 Å². The smallest absolute Gasteiger partial charge is 0.181 e. The van der Waals surface area contributed by atoms with E-state index in [1.165, 1.54) is 7.11 Å². The molecule has 0 saturated heterocycles. The molecule has 0 aliphatic rings. The molecule has 0 atom stereocenters. The molecule has 0 saturated carbocycles. The highest BCUT2D eigenvalue weighted by molar-refractivity contribution is 6.35. The first-order chi connectivity index (χ1) is 8.06. The lowest BCUT2D eigenvalue weighted by Gasteiger charge is -2.13. The third kappa shape index (κ3) is 2.70. The molecule has 0 amide bonds. The monoisotopic (exact) mass is 257 g/mol. The van der Waals surface area contributed by atoms with E-state index in [1.807, 2.05) is 6.92 Å². The highest BCUT2D eigenvalue weighted by Crippen LogP contribution is 2.38. The van der Waals surface area contributed by atoms with Crippen LogP contribution in [0.3, 0.4) is 0 Å². The molecule has 0 heterocycles. The zero-order valence-corrected chi connectivity index (χ0v) is 10.9. The summed E-state index contributed by atoms with van der Waals surface area (Å²) >= 11 is 6.11. The van der Waals surface area contributed by atoms with Crippen LogP contribution in [0, 0.1) is 0 Å². The van der Waals surface area contributed by atoms with Gasteiger partial charge in [-0.1, -0.05) is 18.5 Å². The summed E-state index contributed by atoms with van der Waals surface area (Å²) in [6, 6.07) is 1.65. The summed E-state index contributed by atoms with van der Waals surface area (Å²) in [4.78, 5) is 11.9. The summed E-state index contributed by atoms with van der Waals surface area (Å²) in [5.41, 5.74) is 0.901. The van der Waals surface area contributed by atoms with Crippen LogP contribution in [0.1, 0.15) is 22.8 Å². The van der Waals surface area contributed by atoms with Gasteiger partial charge in [-0.25, -0.2) is 0 Å². The van der Waals surface area contributed by atoms with Gasteiger partial charge in [-0.05, 0) is 25.1 Å². The van der Waals surface area contributed by atoms with Crippen molar-refractivity contribution in [1.29, 1.82) is 0 Å². The number of phenolic OH excluding ortho intramolecular Hbond substituents is 1. The minimum Gasteiger partial charge on any atom is -0.504 e. The van der Waals surface area contributed by atoms with Gasteiger partial charge in [-0.15, -0.1) is 0 Å². The van der Waals surface area contributed by atoms with Crippen LogP contribution in [-0.2, 0) is 6.42 Å². The molecule has 0 bridgehead atoms. The van der Waals surface area contributed by atoms with Gasteiger partial charge in [0.15, 0.2) is 17.3 Å². The van der Waals surface area contributed by atoms with E-state index in [-0.39, 0.29) is 29.4 Å². The van der Waals surface area contributed by atoms with Crippen molar-refractivity contribution >= 4 is 17.4 Å². The van der Waals surface area contributed by atoms with Crippen LogP contribution in [0.25, 0.3) is 0 Å². The lowest BCUT2D eigenvalue weighted by molar-refractivity contribution is 0.0990. The fraction of sp³-hybridized carbons (Fsp3) is 0.417. The molecule has 0 aliphatic carbocycles. The van der Waals surface area contributed by atoms with Crippen molar-refractivity contribution in [3.05, 3.63) is 22.2 Å². The quantitative estimate of drug-likeness (QED) is 0.793. The minimum atomic E-state index is -0.261. The summed E-state index contributed by atoms with van der Waals surface area (Å²) in [6.45, 7) is 2.04. The molecule has 0 unspecified atom stereocenters. The van der Waals surface area contributed by atoms with Gasteiger partial charge in [-0.2, -0.15) is 0 Å². The fourth-order valence-electron chi connectivity index (χ4n) is 1.59. The lowest BCUT2D eigenvalue weighted by atomic mass is 10.0. The van der Waals surface area contributed by atoms with Crippen LogP contribution in [-0.4, -0.2) is 31.6 Å². The topological polar surface area (TPSA) is 58.6 Å². The van der Waals surface area contributed by atoms with E-state index in [0.717, 1.165) is 5.56 Å². The van der Waals surface area contributed by atoms with Gasteiger partial charge in [-0.3, -0.25) is 4.79 Å². The zero-order valence-electron chi connectivity index (χ0n) is 10.1. The lowest BCUT2D eigenvalue weighted by Crippen LogP contribution is -2.19. The van der Waals surface area contributed by atoms with E-state index in [2.05, 4.69) is 5.32 Å². The largest absolute Gasteiger partial charge is 0.504 e. The molecule has 5 heteroatoms. The Kier molecular flexibility index (Phi) is 4.78. The SMILES string of the molecule is CCc1cc(OC)c(O)c(C(=O)CNC)c1Cl. The van der Waals surface area contributed by atoms with Gasteiger partial charge in [0.2, 0.25) is 0 Å². The maximum absolute atomic E-state index is 11.9. The second-order valence-corrected chi connectivity index (χ2v) is 3.96. The number of phenols is 1. The van der Waals surface area contributed by atoms with Crippen molar-refractivity contribution in [2.45, 2.75) is 13.3 Å². The summed E-state index contributed by atoms with van der Waals surface area (Å²) in [5.74, 6) is -0.191. The summed E-state index contributed by atoms with van der Waals surface area (Å²) < 4.78 is 5.03. The van der Waals surface area contributed by atoms with Gasteiger partial charge in [0.1, 0.15) is 0 Å². The van der Waals surface area contributed by atoms with E-state index in [1.54, 1.807) is 13.1 Å². The molecule has 0 spiro atoms. The maximum atomic E-state index is 11.9. The molecule has 0 fully saturated rings. The molecule has 4 nitrogen and oxygen atoms in total. The molecular weight excluding hydrogens is 242 g/mol. The van der Waals surface area contributed by atoms with Crippen LogP contribution in [0.15, 0.2) is 6.07 Å². The molecule has 1 aromatic carbocycles. The Morgan fingerprint density at radius 2 is 2.24 bits per heavy atom. The van der Waals surface area contributed by atoms with E-state index in [0.29, 0.717) is 11.4 Å². The summed E-state index contributed by atoms with van der Waals surface area (Å²) in [7, 11) is 3.10. The Labute approximate surface area is 106 Å². The van der Waals surface area contributed by atoms with Gasteiger partial charge in [0.25, 0.3) is 0 Å². The number of carbonyl (C=O) groups is 1. The van der Waals surface area contributed by atoms with E-state index in [9.17, 15) is 9.90 Å². The number of rotatable bonds is 5. The number of halogens is 1. The third-order valence-electron chi connectivity index (χ3n) is 2.49. The normalized spacial score (nSPS) is 10.4. The molecule has 1 rings (SSSR count). The highest BCUT2D eigenvalue weighted by Gasteiger charge is 2.21. The number of ether oxygens (including phenoxy) is 1. The number of hydrogen-bond donors (Lipinski definition) is 2. The van der Waals surface area contributed by atoms with Crippen molar-refractivity contribution in [3.8, 4) is 11.5 Å². The fourth-order valence-corrected chi connectivity index (χ4v) is 1.98. The van der Waals surface area contributed by atoms with Crippen LogP contribution < -0.4 is 10.1 Å². The highest BCUT2D eigenvalue weighted by atomic mass is 35.5. The zero-order chi connectivity index (χ0) is 13.0. The first-order valence-electron chi connectivity index (χ1n) is 5.32. The van der Waals surface area contributed by atoms with Gasteiger partial charge in [0.05, 0.1) is 24.2 Å². The number of nitrogens with one attached hydrogen (secondary N) is 1. The Bertz CT molecular complexity index is 404. The number of aromatic hydroxyl groups is 1. The Hall–Kier alpha value is -1.26. The average molecular weight is 258 g/mol. The van der Waals surface area contributed by atoms with Gasteiger partial charge < -0.3 is 15.2 Å². The van der Waals surface area contributed by atoms with E-state index in [4.69, 9.17) is 16.3 Å². The molecule has 0 aromatic heterocycles. The second-order valence-electron chi connectivity index (χ2n) is 3.58. The second kappa shape index (κ2) is 5.89. The van der Waals surface area contributed by atoms with Crippen molar-refractivity contribution < 1.29 is 14.6 Å². The van der Waals surface area contributed by atoms with Crippen LogP contribution in [0.4, 0.5) is 0 Å². The van der Waals surface area contributed by atoms with Crippen molar-refractivity contribution in [2.75, 3.05) is 20.7 Å². The number of ketones is 1. The van der Waals surface area contributed by atoms with E-state index < -0.39 is 0 Å². The summed E-state index contributed by atoms with van der Waals surface area (Å²) in [6.07, 6.45) is 0.662. The number of Topliss-reactive ketones (excluding diaryl/α,β-unsaturated/α-hetero) is 1. The number of carbonyl (C=O) groups excluding carboxylic acids is 1. The molecule has 17 heavy (non-hydrogen) atoms. The van der Waals surface area contributed by atoms with E-state index >= 15 is 0 Å². The standard InChI is InChI=1S/C12H16ClNO3/c1-4-7-5-9(17-3)12(16)10(11(7)13)8(15)6-14-2/h5,14,16H,4,6H2,1-3H3. The van der Waals surface area contributed by atoms with Crippen molar-refractivity contribution in [2.24, 2.45) is 0 Å². The molecule has 2 N–H and O–H groups in total. The molecule has 0 aliphatic heterocycles.